The molecule has 4 heteroatoms. The number of aromatic nitrogens is 1. The lowest BCUT2D eigenvalue weighted by atomic mass is 9.90. The Labute approximate surface area is 95.3 Å². The Morgan fingerprint density at radius 1 is 1.44 bits per heavy atom. The number of nitrogen functional groups attached to an aromatic ring is 1. The Morgan fingerprint density at radius 3 is 3.12 bits per heavy atom. The highest BCUT2D eigenvalue weighted by atomic mass is 19.1. The van der Waals surface area contributed by atoms with E-state index in [1.54, 1.807) is 6.20 Å². The first-order chi connectivity index (χ1) is 7.70. The molecule has 0 radical (unpaired) electrons. The predicted molar refractivity (Wildman–Crippen MR) is 62.9 cm³/mol. The summed E-state index contributed by atoms with van der Waals surface area (Å²) < 4.78 is 14.6. The number of nitrogens with one attached hydrogen (secondary N) is 1. The molecule has 0 spiro atoms. The molecular formula is C12H18FN3. The van der Waals surface area contributed by atoms with Crippen molar-refractivity contribution in [2.45, 2.75) is 31.4 Å². The molecule has 1 aromatic rings. The minimum absolute atomic E-state index is 0.383. The molecule has 3 nitrogen and oxygen atoms in total. The van der Waals surface area contributed by atoms with Gasteiger partial charge in [0.05, 0.1) is 0 Å². The summed E-state index contributed by atoms with van der Waals surface area (Å²) >= 11 is 0. The van der Waals surface area contributed by atoms with Crippen LogP contribution in [0.4, 0.5) is 10.2 Å². The number of hydrogen-bond donors (Lipinski definition) is 2. The van der Waals surface area contributed by atoms with Gasteiger partial charge in [0, 0.05) is 12.6 Å². The molecule has 16 heavy (non-hydrogen) atoms. The van der Waals surface area contributed by atoms with Gasteiger partial charge in [-0.05, 0) is 44.0 Å². The number of alkyl halides is 1. The molecule has 0 aromatic carbocycles. The minimum atomic E-state index is -1.12. The van der Waals surface area contributed by atoms with E-state index >= 15 is 0 Å². The van der Waals surface area contributed by atoms with Crippen molar-refractivity contribution in [3.8, 4) is 0 Å². The first kappa shape index (κ1) is 11.3. The maximum atomic E-state index is 14.6. The van der Waals surface area contributed by atoms with Crippen LogP contribution >= 0.6 is 0 Å². The molecule has 0 bridgehead atoms. The highest BCUT2D eigenvalue weighted by molar-refractivity contribution is 5.39. The van der Waals surface area contributed by atoms with Crippen molar-refractivity contribution < 1.29 is 4.39 Å². The van der Waals surface area contributed by atoms with Crippen LogP contribution in [0.3, 0.4) is 0 Å². The maximum absolute atomic E-state index is 14.6. The average molecular weight is 223 g/mol. The molecule has 0 aliphatic carbocycles. The molecule has 1 aliphatic rings. The van der Waals surface area contributed by atoms with E-state index in [1.165, 1.54) is 0 Å². The fraction of sp³-hybridized carbons (Fsp3) is 0.583. The van der Waals surface area contributed by atoms with Crippen molar-refractivity contribution in [1.29, 1.82) is 0 Å². The number of anilines is 1. The van der Waals surface area contributed by atoms with Gasteiger partial charge in [-0.25, -0.2) is 9.37 Å². The predicted octanol–water partition coefficient (Wildman–Crippen LogP) is 1.69. The summed E-state index contributed by atoms with van der Waals surface area (Å²) in [7, 11) is 0. The number of halogens is 1. The second kappa shape index (κ2) is 4.78. The van der Waals surface area contributed by atoms with Gasteiger partial charge < -0.3 is 11.1 Å². The summed E-state index contributed by atoms with van der Waals surface area (Å²) in [6.45, 7) is 1.66. The maximum Gasteiger partial charge on any atom is 0.126 e. The van der Waals surface area contributed by atoms with Gasteiger partial charge in [0.2, 0.25) is 0 Å². The lowest BCUT2D eigenvalue weighted by Crippen LogP contribution is -2.28. The minimum Gasteiger partial charge on any atom is -0.383 e. The Kier molecular flexibility index (Phi) is 3.39. The van der Waals surface area contributed by atoms with Crippen LogP contribution in [0, 0.1) is 0 Å². The average Bonchev–Trinajstić information content (AvgIpc) is 2.47. The van der Waals surface area contributed by atoms with E-state index in [0.717, 1.165) is 25.1 Å². The highest BCUT2D eigenvalue weighted by Crippen LogP contribution is 2.29. The van der Waals surface area contributed by atoms with Gasteiger partial charge >= 0.3 is 0 Å². The summed E-state index contributed by atoms with van der Waals surface area (Å²) in [6, 6.07) is 3.67. The second-order valence-corrected chi connectivity index (χ2v) is 4.48. The third-order valence-corrected chi connectivity index (χ3v) is 3.16. The third kappa shape index (κ3) is 2.70. The molecule has 0 amide bonds. The van der Waals surface area contributed by atoms with Gasteiger partial charge in [0.25, 0.3) is 0 Å². The Balaban J connectivity index is 2.10. The van der Waals surface area contributed by atoms with Crippen LogP contribution in [-0.4, -0.2) is 23.7 Å². The monoisotopic (exact) mass is 223 g/mol. The molecule has 88 valence electrons. The first-order valence-electron chi connectivity index (χ1n) is 5.79. The van der Waals surface area contributed by atoms with Gasteiger partial charge in [-0.3, -0.25) is 0 Å². The number of nitrogens with zero attached hydrogens (tertiary/aromatic N) is 1. The van der Waals surface area contributed by atoms with Crippen LogP contribution in [-0.2, 0) is 6.42 Å². The molecule has 0 saturated carbocycles. The molecule has 1 fully saturated rings. The molecule has 1 aliphatic heterocycles. The summed E-state index contributed by atoms with van der Waals surface area (Å²) in [4.78, 5) is 3.99. The van der Waals surface area contributed by atoms with Crippen LogP contribution in [0.1, 0.15) is 24.8 Å². The molecule has 2 rings (SSSR count). The van der Waals surface area contributed by atoms with Gasteiger partial charge in [-0.15, -0.1) is 0 Å². The van der Waals surface area contributed by atoms with Crippen LogP contribution in [0.15, 0.2) is 18.3 Å². The summed E-state index contributed by atoms with van der Waals surface area (Å²) in [5.74, 6) is 0.455. The summed E-state index contributed by atoms with van der Waals surface area (Å²) in [5.41, 5.74) is 5.44. The summed E-state index contributed by atoms with van der Waals surface area (Å²) in [6.07, 6.45) is 4.07. The molecule has 1 unspecified atom stereocenters. The second-order valence-electron chi connectivity index (χ2n) is 4.48. The number of pyridine rings is 1. The van der Waals surface area contributed by atoms with Crippen LogP contribution in [0.2, 0.25) is 0 Å². The molecule has 2 heterocycles. The molecule has 1 aromatic heterocycles. The van der Waals surface area contributed by atoms with Gasteiger partial charge in [-0.2, -0.15) is 0 Å². The van der Waals surface area contributed by atoms with E-state index in [0.29, 0.717) is 25.1 Å². The standard InChI is InChI=1S/C12H18FN3/c13-12(4-2-6-15-8-5-12)9-10-3-1-7-16-11(10)14/h1,3,7,15H,2,4-6,8-9H2,(H2,14,16). The SMILES string of the molecule is Nc1ncccc1CC1(F)CCCNCC1. The highest BCUT2D eigenvalue weighted by Gasteiger charge is 2.31. The number of nitrogens with two attached hydrogens (primary N) is 1. The van der Waals surface area contributed by atoms with E-state index in [4.69, 9.17) is 5.73 Å². The van der Waals surface area contributed by atoms with Crippen molar-refractivity contribution in [1.82, 2.24) is 10.3 Å². The van der Waals surface area contributed by atoms with Crippen molar-refractivity contribution in [3.05, 3.63) is 23.9 Å². The third-order valence-electron chi connectivity index (χ3n) is 3.16. The van der Waals surface area contributed by atoms with Crippen molar-refractivity contribution in [3.63, 3.8) is 0 Å². The smallest absolute Gasteiger partial charge is 0.126 e. The zero-order valence-electron chi connectivity index (χ0n) is 9.38. The molecule has 3 N–H and O–H groups in total. The van der Waals surface area contributed by atoms with E-state index in [2.05, 4.69) is 10.3 Å². The Bertz CT molecular complexity index is 346. The topological polar surface area (TPSA) is 50.9 Å². The van der Waals surface area contributed by atoms with Crippen molar-refractivity contribution in [2.24, 2.45) is 0 Å². The molecule has 1 saturated heterocycles. The van der Waals surface area contributed by atoms with E-state index in [1.807, 2.05) is 12.1 Å². The van der Waals surface area contributed by atoms with Gasteiger partial charge in [0.15, 0.2) is 0 Å². The normalized spacial score (nSPS) is 26.3. The van der Waals surface area contributed by atoms with Gasteiger partial charge in [0.1, 0.15) is 11.5 Å². The van der Waals surface area contributed by atoms with Crippen LogP contribution in [0.5, 0.6) is 0 Å². The lowest BCUT2D eigenvalue weighted by Gasteiger charge is -2.23. The number of hydrogen-bond acceptors (Lipinski definition) is 3. The molecule has 1 atom stereocenters. The zero-order valence-corrected chi connectivity index (χ0v) is 9.38. The number of rotatable bonds is 2. The van der Waals surface area contributed by atoms with Crippen molar-refractivity contribution >= 4 is 5.82 Å². The summed E-state index contributed by atoms with van der Waals surface area (Å²) in [5, 5.41) is 3.22. The van der Waals surface area contributed by atoms with E-state index in [-0.39, 0.29) is 0 Å². The lowest BCUT2D eigenvalue weighted by molar-refractivity contribution is 0.144. The van der Waals surface area contributed by atoms with Crippen LogP contribution in [0.25, 0.3) is 0 Å². The van der Waals surface area contributed by atoms with E-state index in [9.17, 15) is 4.39 Å². The largest absolute Gasteiger partial charge is 0.383 e. The quantitative estimate of drug-likeness (QED) is 0.802. The molecular weight excluding hydrogens is 205 g/mol. The van der Waals surface area contributed by atoms with E-state index < -0.39 is 5.67 Å². The Morgan fingerprint density at radius 2 is 2.31 bits per heavy atom. The first-order valence-corrected chi connectivity index (χ1v) is 5.79. The fourth-order valence-electron chi connectivity index (χ4n) is 2.21. The van der Waals surface area contributed by atoms with Crippen LogP contribution < -0.4 is 11.1 Å². The zero-order chi connectivity index (χ0) is 11.4. The van der Waals surface area contributed by atoms with Gasteiger partial charge in [-0.1, -0.05) is 6.07 Å². The fourth-order valence-corrected chi connectivity index (χ4v) is 2.21. The Hall–Kier alpha value is -1.16. The van der Waals surface area contributed by atoms with Crippen molar-refractivity contribution in [2.75, 3.05) is 18.8 Å².